The summed E-state index contributed by atoms with van der Waals surface area (Å²) in [7, 11) is 3.71. The first kappa shape index (κ1) is 28.3. The fourth-order valence-electron chi connectivity index (χ4n) is 3.22. The molecule has 0 unspecified atom stereocenters. The minimum absolute atomic E-state index is 0.124. The Balaban J connectivity index is 0. The molecule has 0 aliphatic heterocycles. The molecule has 0 aliphatic rings. The van der Waals surface area contributed by atoms with Gasteiger partial charge in [0, 0.05) is 0 Å². The lowest BCUT2D eigenvalue weighted by atomic mass is 10.0. The van der Waals surface area contributed by atoms with Gasteiger partial charge in [-0.3, -0.25) is 0 Å². The monoisotopic (exact) mass is 390 g/mol. The lowest BCUT2D eigenvalue weighted by Gasteiger charge is -2.18. The summed E-state index contributed by atoms with van der Waals surface area (Å²) in [5.41, 5.74) is 0. The molecule has 6 heteroatoms. The van der Waals surface area contributed by atoms with Gasteiger partial charge in [0.2, 0.25) is 0 Å². The maximum absolute atomic E-state index is 9.58. The van der Waals surface area contributed by atoms with E-state index < -0.39 is 5.09 Å². The first-order chi connectivity index (χ1) is 12.8. The number of quaternary nitrogens is 1. The van der Waals surface area contributed by atoms with Gasteiger partial charge in [-0.05, 0) is 12.8 Å². The number of hydrogen-bond acceptors (Lipinski definition) is 4. The van der Waals surface area contributed by atoms with Gasteiger partial charge in [-0.25, -0.2) is 5.21 Å². The van der Waals surface area contributed by atoms with E-state index in [1.165, 1.54) is 103 Å². The Morgan fingerprint density at radius 2 is 0.852 bits per heavy atom. The highest BCUT2D eigenvalue weighted by molar-refractivity contribution is 4.50. The van der Waals surface area contributed by atoms with Gasteiger partial charge in [0.1, 0.15) is 6.54 Å². The predicted molar refractivity (Wildman–Crippen MR) is 113 cm³/mol. The van der Waals surface area contributed by atoms with E-state index in [4.69, 9.17) is 15.3 Å². The van der Waals surface area contributed by atoms with Gasteiger partial charge in [-0.2, -0.15) is 4.65 Å². The third-order valence-corrected chi connectivity index (χ3v) is 4.81. The quantitative estimate of drug-likeness (QED) is 0.120. The zero-order valence-electron chi connectivity index (χ0n) is 18.3. The van der Waals surface area contributed by atoms with Crippen molar-refractivity contribution < 1.29 is 14.9 Å². The normalized spacial score (nSPS) is 11.1. The summed E-state index contributed by atoms with van der Waals surface area (Å²) in [5, 5.41) is 24.3. The molecule has 0 atom stereocenters. The van der Waals surface area contributed by atoms with Crippen LogP contribution in [0, 0.1) is 15.3 Å². The lowest BCUT2D eigenvalue weighted by molar-refractivity contribution is -1.07. The van der Waals surface area contributed by atoms with Crippen LogP contribution in [0.1, 0.15) is 116 Å². The minimum atomic E-state index is -1.75. The van der Waals surface area contributed by atoms with Crippen molar-refractivity contribution in [3.8, 4) is 0 Å². The number of hydroxylamine groups is 3. The van der Waals surface area contributed by atoms with Gasteiger partial charge in [0.25, 0.3) is 0 Å². The van der Waals surface area contributed by atoms with E-state index in [1.54, 1.807) is 0 Å². The summed E-state index contributed by atoms with van der Waals surface area (Å²) in [4.78, 5) is 8.25. The average Bonchev–Trinajstić information content (AvgIpc) is 2.56. The average molecular weight is 391 g/mol. The van der Waals surface area contributed by atoms with Crippen molar-refractivity contribution in [1.82, 2.24) is 0 Å². The fraction of sp³-hybridized carbons (Fsp3) is 1.00. The Morgan fingerprint density at radius 1 is 0.630 bits per heavy atom. The van der Waals surface area contributed by atoms with Gasteiger partial charge < -0.3 is 15.3 Å². The Morgan fingerprint density at radius 3 is 1.07 bits per heavy atom. The molecule has 0 aromatic rings. The van der Waals surface area contributed by atoms with Crippen molar-refractivity contribution in [3.63, 3.8) is 0 Å². The molecular weight excluding hydrogens is 344 g/mol. The summed E-state index contributed by atoms with van der Waals surface area (Å²) in [5.74, 6) is 0. The van der Waals surface area contributed by atoms with E-state index in [0.717, 1.165) is 13.0 Å². The summed E-state index contributed by atoms with van der Waals surface area (Å²) in [6.07, 6.45) is 23.9. The first-order valence-electron chi connectivity index (χ1n) is 11.2. The molecule has 6 nitrogen and oxygen atoms in total. The van der Waals surface area contributed by atoms with Crippen LogP contribution in [0.4, 0.5) is 0 Å². The number of unbranched alkanes of at least 4 members (excludes halogenated alkanes) is 16. The van der Waals surface area contributed by atoms with Gasteiger partial charge >= 0.3 is 0 Å². The SMILES string of the molecule is CCCCCCCCCCCCCCCCCCC[N+](C)(C)O.O=[N+]([O-])[O-]. The second-order valence-corrected chi connectivity index (χ2v) is 8.23. The summed E-state index contributed by atoms with van der Waals surface area (Å²) in [6, 6.07) is 0. The van der Waals surface area contributed by atoms with E-state index in [2.05, 4.69) is 6.92 Å². The second kappa shape index (κ2) is 21.4. The highest BCUT2D eigenvalue weighted by atomic mass is 16.9. The van der Waals surface area contributed by atoms with Crippen LogP contribution in [0.5, 0.6) is 0 Å². The molecule has 0 fully saturated rings. The molecule has 0 saturated carbocycles. The molecule has 27 heavy (non-hydrogen) atoms. The van der Waals surface area contributed by atoms with Crippen LogP contribution in [-0.4, -0.2) is 35.6 Å². The summed E-state index contributed by atoms with van der Waals surface area (Å²) in [6.45, 7) is 3.18. The van der Waals surface area contributed by atoms with E-state index in [0.29, 0.717) is 0 Å². The molecule has 0 bridgehead atoms. The van der Waals surface area contributed by atoms with Crippen LogP contribution >= 0.6 is 0 Å². The van der Waals surface area contributed by atoms with Crippen LogP contribution in [-0.2, 0) is 0 Å². The molecule has 164 valence electrons. The third kappa shape index (κ3) is 36.7. The largest absolute Gasteiger partial charge is 0.356 e. The van der Waals surface area contributed by atoms with Crippen LogP contribution in [0.25, 0.3) is 0 Å². The number of hydrogen-bond donors (Lipinski definition) is 1. The molecule has 0 saturated heterocycles. The molecule has 1 N–H and O–H groups in total. The minimum Gasteiger partial charge on any atom is -0.356 e. The van der Waals surface area contributed by atoms with Gasteiger partial charge in [-0.1, -0.05) is 103 Å². The Hall–Kier alpha value is -0.880. The van der Waals surface area contributed by atoms with E-state index in [-0.39, 0.29) is 4.65 Å². The van der Waals surface area contributed by atoms with Crippen molar-refractivity contribution in [1.29, 1.82) is 0 Å². The van der Waals surface area contributed by atoms with E-state index >= 15 is 0 Å². The third-order valence-electron chi connectivity index (χ3n) is 4.81. The smallest absolute Gasteiger partial charge is 0.108 e. The molecule has 0 spiro atoms. The topological polar surface area (TPSA) is 86.4 Å². The van der Waals surface area contributed by atoms with Crippen LogP contribution in [0.3, 0.4) is 0 Å². The van der Waals surface area contributed by atoms with Crippen LogP contribution < -0.4 is 0 Å². The fourth-order valence-corrected chi connectivity index (χ4v) is 3.22. The first-order valence-corrected chi connectivity index (χ1v) is 11.2. The van der Waals surface area contributed by atoms with Crippen LogP contribution in [0.2, 0.25) is 0 Å². The molecule has 0 rings (SSSR count). The van der Waals surface area contributed by atoms with Gasteiger partial charge in [0.15, 0.2) is 0 Å². The molecule has 0 aromatic heterocycles. The van der Waals surface area contributed by atoms with Gasteiger partial charge in [0.05, 0.1) is 19.2 Å². The maximum Gasteiger partial charge on any atom is 0.108 e. The van der Waals surface area contributed by atoms with Crippen molar-refractivity contribution in [2.75, 3.05) is 20.6 Å². The van der Waals surface area contributed by atoms with Crippen LogP contribution in [0.15, 0.2) is 0 Å². The molecular formula is C21H46N2O4. The van der Waals surface area contributed by atoms with Crippen molar-refractivity contribution in [2.24, 2.45) is 0 Å². The summed E-state index contributed by atoms with van der Waals surface area (Å²) < 4.78 is 0.124. The lowest BCUT2D eigenvalue weighted by Crippen LogP contribution is -2.36. The maximum atomic E-state index is 9.58. The highest BCUT2D eigenvalue weighted by Crippen LogP contribution is 2.14. The van der Waals surface area contributed by atoms with Crippen molar-refractivity contribution >= 4 is 0 Å². The Labute approximate surface area is 167 Å². The molecule has 0 aliphatic carbocycles. The summed E-state index contributed by atoms with van der Waals surface area (Å²) >= 11 is 0. The zero-order chi connectivity index (χ0) is 20.8. The van der Waals surface area contributed by atoms with E-state index in [9.17, 15) is 5.21 Å². The molecule has 0 heterocycles. The van der Waals surface area contributed by atoms with E-state index in [1.807, 2.05) is 14.1 Å². The molecule has 0 amide bonds. The molecule has 0 aromatic carbocycles. The molecule has 0 radical (unpaired) electrons. The Bertz CT molecular complexity index is 303. The Kier molecular flexibility index (Phi) is 22.5. The van der Waals surface area contributed by atoms with Crippen molar-refractivity contribution in [2.45, 2.75) is 116 Å². The standard InChI is InChI=1S/C21H46NO.NO3/c1-4-5-6-7-8-9-10-11-12-13-14-15-16-17-18-19-20-21-22(2,3)23;2-1(3)4/h23H,4-21H2,1-3H3;/q+1;-1. The number of nitrogens with zero attached hydrogens (tertiary/aromatic N) is 2. The number of rotatable bonds is 18. The highest BCUT2D eigenvalue weighted by Gasteiger charge is 2.08. The zero-order valence-corrected chi connectivity index (χ0v) is 18.3. The predicted octanol–water partition coefficient (Wildman–Crippen LogP) is 6.86. The second-order valence-electron chi connectivity index (χ2n) is 8.23. The van der Waals surface area contributed by atoms with Gasteiger partial charge in [-0.15, -0.1) is 0 Å². The van der Waals surface area contributed by atoms with Crippen molar-refractivity contribution in [3.05, 3.63) is 15.3 Å².